The molecular formula is C21H20F3N5. The lowest BCUT2D eigenvalue weighted by atomic mass is 10.0. The number of anilines is 2. The van der Waals surface area contributed by atoms with Crippen LogP contribution >= 0.6 is 0 Å². The average molecular weight is 399 g/mol. The number of aromatic nitrogens is 3. The van der Waals surface area contributed by atoms with Gasteiger partial charge in [0.15, 0.2) is 0 Å². The van der Waals surface area contributed by atoms with E-state index < -0.39 is 11.7 Å². The van der Waals surface area contributed by atoms with Crippen LogP contribution in [0.15, 0.2) is 48.9 Å². The average Bonchev–Trinajstić information content (AvgIpc) is 2.72. The van der Waals surface area contributed by atoms with Gasteiger partial charge in [0, 0.05) is 37.8 Å². The van der Waals surface area contributed by atoms with Crippen molar-refractivity contribution in [3.8, 4) is 0 Å². The molecule has 29 heavy (non-hydrogen) atoms. The molecule has 8 heteroatoms. The summed E-state index contributed by atoms with van der Waals surface area (Å²) in [7, 11) is 0. The Morgan fingerprint density at radius 3 is 2.66 bits per heavy atom. The van der Waals surface area contributed by atoms with E-state index in [0.717, 1.165) is 41.7 Å². The smallest absolute Gasteiger partial charge is 0.366 e. The van der Waals surface area contributed by atoms with Gasteiger partial charge in [-0.2, -0.15) is 13.2 Å². The number of benzene rings is 1. The molecular weight excluding hydrogens is 379 g/mol. The maximum Gasteiger partial charge on any atom is 0.416 e. The number of hydrogen-bond donors (Lipinski definition) is 1. The number of aryl methyl sites for hydroxylation is 1. The molecule has 0 unspecified atom stereocenters. The Morgan fingerprint density at radius 1 is 1.07 bits per heavy atom. The molecule has 1 aliphatic rings. The van der Waals surface area contributed by atoms with Crippen LogP contribution in [0.5, 0.6) is 0 Å². The SMILES string of the molecule is Cc1ccc(N2CCc3ncnc(NCc4ccccc4C(F)(F)F)c3C2)nc1. The summed E-state index contributed by atoms with van der Waals surface area (Å²) in [6.45, 7) is 3.34. The monoisotopic (exact) mass is 399 g/mol. The molecule has 4 rings (SSSR count). The Morgan fingerprint density at radius 2 is 1.90 bits per heavy atom. The molecule has 0 radical (unpaired) electrons. The molecule has 150 valence electrons. The molecule has 0 bridgehead atoms. The first-order valence-electron chi connectivity index (χ1n) is 9.31. The molecule has 1 N–H and O–H groups in total. The fourth-order valence-electron chi connectivity index (χ4n) is 3.47. The van der Waals surface area contributed by atoms with Crippen LogP contribution in [0.3, 0.4) is 0 Å². The summed E-state index contributed by atoms with van der Waals surface area (Å²) in [6, 6.07) is 9.55. The molecule has 3 heterocycles. The summed E-state index contributed by atoms with van der Waals surface area (Å²) in [4.78, 5) is 15.2. The molecule has 0 saturated heterocycles. The predicted octanol–water partition coefficient (Wildman–Crippen LogP) is 4.37. The second-order valence-electron chi connectivity index (χ2n) is 7.02. The fraction of sp³-hybridized carbons (Fsp3) is 0.286. The number of halogens is 3. The molecule has 0 aliphatic carbocycles. The second kappa shape index (κ2) is 7.69. The van der Waals surface area contributed by atoms with Gasteiger partial charge < -0.3 is 10.2 Å². The fourth-order valence-corrected chi connectivity index (χ4v) is 3.47. The third-order valence-corrected chi connectivity index (χ3v) is 4.99. The zero-order chi connectivity index (χ0) is 20.4. The van der Waals surface area contributed by atoms with Crippen molar-refractivity contribution in [2.75, 3.05) is 16.8 Å². The Labute approximate surface area is 166 Å². The number of pyridine rings is 1. The molecule has 0 amide bonds. The largest absolute Gasteiger partial charge is 0.416 e. The number of nitrogens with zero attached hydrogens (tertiary/aromatic N) is 4. The number of hydrogen-bond acceptors (Lipinski definition) is 5. The van der Waals surface area contributed by atoms with Gasteiger partial charge in [-0.1, -0.05) is 24.3 Å². The second-order valence-corrected chi connectivity index (χ2v) is 7.02. The molecule has 0 saturated carbocycles. The summed E-state index contributed by atoms with van der Waals surface area (Å²) < 4.78 is 39.7. The summed E-state index contributed by atoms with van der Waals surface area (Å²) in [6.07, 6.45) is -0.394. The Kier molecular flexibility index (Phi) is 5.08. The molecule has 1 aliphatic heterocycles. The molecule has 0 fully saturated rings. The Balaban J connectivity index is 1.56. The third-order valence-electron chi connectivity index (χ3n) is 4.99. The van der Waals surface area contributed by atoms with E-state index in [0.29, 0.717) is 12.4 Å². The maximum atomic E-state index is 13.2. The normalized spacial score (nSPS) is 13.9. The van der Waals surface area contributed by atoms with Crippen LogP contribution < -0.4 is 10.2 Å². The topological polar surface area (TPSA) is 53.9 Å². The van der Waals surface area contributed by atoms with Gasteiger partial charge in [-0.15, -0.1) is 0 Å². The summed E-state index contributed by atoms with van der Waals surface area (Å²) >= 11 is 0. The number of alkyl halides is 3. The quantitative estimate of drug-likeness (QED) is 0.706. The zero-order valence-electron chi connectivity index (χ0n) is 15.9. The maximum absolute atomic E-state index is 13.2. The standard InChI is InChI=1S/C21H20F3N5/c1-14-6-7-19(25-10-14)29-9-8-18-16(12-29)20(28-13-27-18)26-11-15-4-2-3-5-17(15)21(22,23)24/h2-7,10,13H,8-9,11-12H2,1H3,(H,26,27,28). The molecule has 2 aromatic heterocycles. The minimum Gasteiger partial charge on any atom is -0.366 e. The molecule has 5 nitrogen and oxygen atoms in total. The van der Waals surface area contributed by atoms with E-state index in [1.54, 1.807) is 6.07 Å². The van der Waals surface area contributed by atoms with Crippen molar-refractivity contribution in [1.82, 2.24) is 15.0 Å². The third kappa shape index (κ3) is 4.16. The Bertz CT molecular complexity index is 1000. The van der Waals surface area contributed by atoms with Crippen molar-refractivity contribution in [3.63, 3.8) is 0 Å². The Hall–Kier alpha value is -3.16. The summed E-state index contributed by atoms with van der Waals surface area (Å²) in [5, 5.41) is 3.08. The molecule has 0 atom stereocenters. The van der Waals surface area contributed by atoms with Crippen molar-refractivity contribution >= 4 is 11.6 Å². The molecule has 0 spiro atoms. The lowest BCUT2D eigenvalue weighted by molar-refractivity contribution is -0.138. The van der Waals surface area contributed by atoms with E-state index in [9.17, 15) is 13.2 Å². The van der Waals surface area contributed by atoms with E-state index in [4.69, 9.17) is 0 Å². The van der Waals surface area contributed by atoms with Gasteiger partial charge >= 0.3 is 6.18 Å². The van der Waals surface area contributed by atoms with Crippen LogP contribution in [-0.2, 0) is 25.7 Å². The lowest BCUT2D eigenvalue weighted by Gasteiger charge is -2.30. The first kappa shape index (κ1) is 19.2. The summed E-state index contributed by atoms with van der Waals surface area (Å²) in [5.41, 5.74) is 2.43. The van der Waals surface area contributed by atoms with Gasteiger partial charge in [-0.3, -0.25) is 0 Å². The number of nitrogens with one attached hydrogen (secondary N) is 1. The van der Waals surface area contributed by atoms with E-state index in [1.807, 2.05) is 25.3 Å². The van der Waals surface area contributed by atoms with E-state index in [1.165, 1.54) is 18.5 Å². The number of rotatable bonds is 4. The highest BCUT2D eigenvalue weighted by atomic mass is 19.4. The van der Waals surface area contributed by atoms with E-state index in [-0.39, 0.29) is 12.1 Å². The molecule has 1 aromatic carbocycles. The van der Waals surface area contributed by atoms with Gasteiger partial charge in [0.2, 0.25) is 0 Å². The van der Waals surface area contributed by atoms with Gasteiger partial charge in [0.1, 0.15) is 18.0 Å². The predicted molar refractivity (Wildman–Crippen MR) is 105 cm³/mol. The highest BCUT2D eigenvalue weighted by Crippen LogP contribution is 2.32. The highest BCUT2D eigenvalue weighted by molar-refractivity contribution is 5.52. The van der Waals surface area contributed by atoms with Gasteiger partial charge in [0.05, 0.1) is 11.3 Å². The minimum atomic E-state index is -4.39. The minimum absolute atomic E-state index is 0.0297. The van der Waals surface area contributed by atoms with Crippen LogP contribution in [0.4, 0.5) is 24.8 Å². The van der Waals surface area contributed by atoms with Crippen molar-refractivity contribution in [1.29, 1.82) is 0 Å². The van der Waals surface area contributed by atoms with Crippen molar-refractivity contribution < 1.29 is 13.2 Å². The van der Waals surface area contributed by atoms with E-state index in [2.05, 4.69) is 25.2 Å². The van der Waals surface area contributed by atoms with Gasteiger partial charge in [-0.05, 0) is 30.2 Å². The number of fused-ring (bicyclic) bond motifs is 1. The first-order chi connectivity index (χ1) is 13.9. The van der Waals surface area contributed by atoms with Crippen LogP contribution in [0.25, 0.3) is 0 Å². The van der Waals surface area contributed by atoms with Crippen molar-refractivity contribution in [2.45, 2.75) is 32.6 Å². The highest BCUT2D eigenvalue weighted by Gasteiger charge is 2.33. The van der Waals surface area contributed by atoms with Crippen LogP contribution in [0.1, 0.15) is 27.9 Å². The van der Waals surface area contributed by atoms with Crippen LogP contribution in [0.2, 0.25) is 0 Å². The van der Waals surface area contributed by atoms with E-state index >= 15 is 0 Å². The van der Waals surface area contributed by atoms with Gasteiger partial charge in [-0.25, -0.2) is 15.0 Å². The lowest BCUT2D eigenvalue weighted by Crippen LogP contribution is -2.32. The summed E-state index contributed by atoms with van der Waals surface area (Å²) in [5.74, 6) is 1.42. The van der Waals surface area contributed by atoms with Crippen molar-refractivity contribution in [3.05, 3.63) is 76.9 Å². The van der Waals surface area contributed by atoms with Crippen LogP contribution in [-0.4, -0.2) is 21.5 Å². The van der Waals surface area contributed by atoms with Crippen molar-refractivity contribution in [2.24, 2.45) is 0 Å². The first-order valence-corrected chi connectivity index (χ1v) is 9.31. The molecule has 3 aromatic rings. The van der Waals surface area contributed by atoms with Gasteiger partial charge in [0.25, 0.3) is 0 Å². The zero-order valence-corrected chi connectivity index (χ0v) is 15.9. The van der Waals surface area contributed by atoms with Crippen LogP contribution in [0, 0.1) is 6.92 Å².